The van der Waals surface area contributed by atoms with E-state index in [1.807, 2.05) is 0 Å². The molecule has 0 atom stereocenters. The van der Waals surface area contributed by atoms with Gasteiger partial charge in [-0.2, -0.15) is 13.2 Å². The molecule has 0 saturated heterocycles. The molecule has 7 heteroatoms. The van der Waals surface area contributed by atoms with Crippen LogP contribution in [0.2, 0.25) is 0 Å². The van der Waals surface area contributed by atoms with Gasteiger partial charge in [-0.3, -0.25) is 0 Å². The molecule has 0 aliphatic rings. The molecule has 1 rings (SSSR count). The summed E-state index contributed by atoms with van der Waals surface area (Å²) in [7, 11) is 0. The lowest BCUT2D eigenvalue weighted by molar-refractivity contribution is -0.254. The number of aromatic carboxylic acids is 1. The van der Waals surface area contributed by atoms with Crippen LogP contribution in [-0.4, -0.2) is 5.97 Å². The molecule has 1 aromatic rings. The minimum absolute atomic E-state index is 0.141. The van der Waals surface area contributed by atoms with Gasteiger partial charge in [0.1, 0.15) is 4.88 Å². The van der Waals surface area contributed by atoms with E-state index in [9.17, 15) is 23.1 Å². The number of rotatable bonds is 1. The normalized spacial score (nSPS) is 11.7. The zero-order valence-corrected chi connectivity index (χ0v) is 8.22. The SMILES string of the molecule is O=C([O-])c1cc(Br)c(C(F)(F)F)s1. The van der Waals surface area contributed by atoms with Crippen LogP contribution in [0.4, 0.5) is 13.2 Å². The zero-order valence-electron chi connectivity index (χ0n) is 5.81. The Morgan fingerprint density at radius 3 is 2.31 bits per heavy atom. The molecule has 0 radical (unpaired) electrons. The van der Waals surface area contributed by atoms with E-state index in [1.165, 1.54) is 0 Å². The molecule has 0 amide bonds. The second-order valence-corrected chi connectivity index (χ2v) is 3.98. The fourth-order valence-electron chi connectivity index (χ4n) is 0.663. The number of carbonyl (C=O) groups excluding carboxylic acids is 1. The number of carboxylic acid groups (broad SMARTS) is 1. The van der Waals surface area contributed by atoms with E-state index in [-0.39, 0.29) is 15.8 Å². The molecule has 13 heavy (non-hydrogen) atoms. The number of hydrogen-bond donors (Lipinski definition) is 0. The molecule has 0 aromatic carbocycles. The molecule has 2 nitrogen and oxygen atoms in total. The van der Waals surface area contributed by atoms with Crippen molar-refractivity contribution >= 4 is 33.2 Å². The molecular weight excluding hydrogens is 273 g/mol. The molecule has 72 valence electrons. The lowest BCUT2D eigenvalue weighted by atomic mass is 10.4. The molecule has 0 N–H and O–H groups in total. The smallest absolute Gasteiger partial charge is 0.426 e. The van der Waals surface area contributed by atoms with Crippen molar-refractivity contribution < 1.29 is 23.1 Å². The lowest BCUT2D eigenvalue weighted by Gasteiger charge is -2.02. The average molecular weight is 274 g/mol. The minimum Gasteiger partial charge on any atom is -0.544 e. The predicted octanol–water partition coefficient (Wildman–Crippen LogP) is 1.89. The molecule has 0 aliphatic heterocycles. The fraction of sp³-hybridized carbons (Fsp3) is 0.167. The Hall–Kier alpha value is -0.560. The van der Waals surface area contributed by atoms with Gasteiger partial charge >= 0.3 is 6.18 Å². The summed E-state index contributed by atoms with van der Waals surface area (Å²) in [5, 5.41) is 10.2. The second-order valence-electron chi connectivity index (χ2n) is 2.07. The number of carboxylic acids is 1. The third-order valence-electron chi connectivity index (χ3n) is 1.15. The third-order valence-corrected chi connectivity index (χ3v) is 3.19. The van der Waals surface area contributed by atoms with Crippen LogP contribution in [0.1, 0.15) is 14.5 Å². The van der Waals surface area contributed by atoms with Gasteiger partial charge < -0.3 is 9.90 Å². The molecule has 0 unspecified atom stereocenters. The Morgan fingerprint density at radius 1 is 1.54 bits per heavy atom. The van der Waals surface area contributed by atoms with Gasteiger partial charge in [-0.15, -0.1) is 11.3 Å². The van der Waals surface area contributed by atoms with Gasteiger partial charge in [0.25, 0.3) is 0 Å². The first kappa shape index (κ1) is 10.5. The molecule has 0 bridgehead atoms. The Bertz CT molecular complexity index is 344. The highest BCUT2D eigenvalue weighted by Crippen LogP contribution is 2.40. The van der Waals surface area contributed by atoms with Gasteiger partial charge in [-0.1, -0.05) is 0 Å². The van der Waals surface area contributed by atoms with Crippen molar-refractivity contribution in [2.75, 3.05) is 0 Å². The summed E-state index contributed by atoms with van der Waals surface area (Å²) < 4.78 is 36.0. The van der Waals surface area contributed by atoms with E-state index in [4.69, 9.17) is 0 Å². The maximum absolute atomic E-state index is 12.1. The Morgan fingerprint density at radius 2 is 2.08 bits per heavy atom. The molecular formula is C6HBrF3O2S-. The van der Waals surface area contributed by atoms with Crippen LogP contribution in [-0.2, 0) is 6.18 Å². The van der Waals surface area contributed by atoms with E-state index in [0.717, 1.165) is 6.07 Å². The van der Waals surface area contributed by atoms with E-state index >= 15 is 0 Å². The first-order valence-corrected chi connectivity index (χ1v) is 4.51. The summed E-state index contributed by atoms with van der Waals surface area (Å²) in [5.41, 5.74) is 0. The van der Waals surface area contributed by atoms with E-state index in [2.05, 4.69) is 15.9 Å². The molecule has 0 fully saturated rings. The molecule has 1 heterocycles. The fourth-order valence-corrected chi connectivity index (χ4v) is 2.26. The highest BCUT2D eigenvalue weighted by Gasteiger charge is 2.35. The van der Waals surface area contributed by atoms with Crippen molar-refractivity contribution in [1.29, 1.82) is 0 Å². The Kier molecular flexibility index (Phi) is 2.67. The van der Waals surface area contributed by atoms with Crippen LogP contribution < -0.4 is 5.11 Å². The number of alkyl halides is 3. The van der Waals surface area contributed by atoms with Crippen molar-refractivity contribution in [1.82, 2.24) is 0 Å². The Balaban J connectivity index is 3.18. The quantitative estimate of drug-likeness (QED) is 0.784. The average Bonchev–Trinajstić information content (AvgIpc) is 2.29. The van der Waals surface area contributed by atoms with Crippen LogP contribution in [0.3, 0.4) is 0 Å². The first-order valence-electron chi connectivity index (χ1n) is 2.90. The second kappa shape index (κ2) is 3.30. The summed E-state index contributed by atoms with van der Waals surface area (Å²) in [5.74, 6) is -1.61. The van der Waals surface area contributed by atoms with E-state index < -0.39 is 21.9 Å². The first-order chi connectivity index (χ1) is 5.82. The Labute approximate surface area is 83.1 Å². The third kappa shape index (κ3) is 2.22. The van der Waals surface area contributed by atoms with E-state index in [0.29, 0.717) is 0 Å². The maximum atomic E-state index is 12.1. The zero-order chi connectivity index (χ0) is 10.2. The summed E-state index contributed by atoms with van der Waals surface area (Å²) in [6.45, 7) is 0. The molecule has 1 aromatic heterocycles. The van der Waals surface area contributed by atoms with Gasteiger partial charge in [-0.25, -0.2) is 0 Å². The summed E-state index contributed by atoms with van der Waals surface area (Å²) in [4.78, 5) is 8.79. The highest BCUT2D eigenvalue weighted by molar-refractivity contribution is 9.10. The molecule has 0 aliphatic carbocycles. The van der Waals surface area contributed by atoms with Crippen LogP contribution in [0.5, 0.6) is 0 Å². The van der Waals surface area contributed by atoms with Gasteiger partial charge in [0.2, 0.25) is 0 Å². The van der Waals surface area contributed by atoms with Gasteiger partial charge in [0.05, 0.1) is 10.8 Å². The minimum atomic E-state index is -4.53. The number of halogens is 4. The van der Waals surface area contributed by atoms with Crippen LogP contribution in [0.25, 0.3) is 0 Å². The van der Waals surface area contributed by atoms with E-state index in [1.54, 1.807) is 0 Å². The monoisotopic (exact) mass is 273 g/mol. The standard InChI is InChI=1S/C6H2BrF3O2S/c7-2-1-3(5(11)12)13-4(2)6(8,9)10/h1H,(H,11,12)/p-1. The predicted molar refractivity (Wildman–Crippen MR) is 41.4 cm³/mol. The summed E-state index contributed by atoms with van der Waals surface area (Å²) >= 11 is 2.76. The van der Waals surface area contributed by atoms with Gasteiger partial charge in [0, 0.05) is 4.47 Å². The highest BCUT2D eigenvalue weighted by atomic mass is 79.9. The van der Waals surface area contributed by atoms with Crippen LogP contribution in [0, 0.1) is 0 Å². The summed E-state index contributed by atoms with van der Waals surface area (Å²) in [6.07, 6.45) is -4.53. The van der Waals surface area contributed by atoms with Crippen LogP contribution >= 0.6 is 27.3 Å². The van der Waals surface area contributed by atoms with Crippen LogP contribution in [0.15, 0.2) is 10.5 Å². The summed E-state index contributed by atoms with van der Waals surface area (Å²) in [6, 6.07) is 0.878. The lowest BCUT2D eigenvalue weighted by Crippen LogP contribution is -2.20. The molecule has 0 saturated carbocycles. The molecule has 0 spiro atoms. The van der Waals surface area contributed by atoms with Crippen molar-refractivity contribution in [3.05, 3.63) is 20.3 Å². The van der Waals surface area contributed by atoms with Gasteiger partial charge in [-0.05, 0) is 22.0 Å². The van der Waals surface area contributed by atoms with Crippen molar-refractivity contribution in [3.8, 4) is 0 Å². The number of thiophene rings is 1. The largest absolute Gasteiger partial charge is 0.544 e. The topological polar surface area (TPSA) is 40.1 Å². The number of carbonyl (C=O) groups is 1. The van der Waals surface area contributed by atoms with Crippen molar-refractivity contribution in [2.24, 2.45) is 0 Å². The van der Waals surface area contributed by atoms with Gasteiger partial charge in [0.15, 0.2) is 0 Å². The van der Waals surface area contributed by atoms with Crippen molar-refractivity contribution in [3.63, 3.8) is 0 Å². The maximum Gasteiger partial charge on any atom is 0.426 e. The number of hydrogen-bond acceptors (Lipinski definition) is 3. The van der Waals surface area contributed by atoms with Crippen molar-refractivity contribution in [2.45, 2.75) is 6.18 Å².